The van der Waals surface area contributed by atoms with Crippen LogP contribution in [0, 0.1) is 0 Å². The van der Waals surface area contributed by atoms with E-state index in [0.717, 1.165) is 23.4 Å². The summed E-state index contributed by atoms with van der Waals surface area (Å²) >= 11 is 6.46. The zero-order valence-electron chi connectivity index (χ0n) is 12.6. The third kappa shape index (κ3) is 1.99. The van der Waals surface area contributed by atoms with E-state index in [2.05, 4.69) is 53.6 Å². The molecule has 0 amide bonds. The van der Waals surface area contributed by atoms with Crippen LogP contribution in [0.3, 0.4) is 0 Å². The average molecular weight is 322 g/mol. The lowest BCUT2D eigenvalue weighted by atomic mass is 9.99. The zero-order valence-corrected chi connectivity index (χ0v) is 13.3. The van der Waals surface area contributed by atoms with Crippen molar-refractivity contribution in [3.8, 4) is 0 Å². The van der Waals surface area contributed by atoms with Crippen molar-refractivity contribution in [3.63, 3.8) is 0 Å². The summed E-state index contributed by atoms with van der Waals surface area (Å²) in [6.45, 7) is 0. The second kappa shape index (κ2) is 4.98. The van der Waals surface area contributed by atoms with Crippen molar-refractivity contribution < 1.29 is 4.84 Å². The van der Waals surface area contributed by atoms with Crippen molar-refractivity contribution in [2.75, 3.05) is 5.06 Å². The molecule has 2 heterocycles. The summed E-state index contributed by atoms with van der Waals surface area (Å²) in [6, 6.07) is 21.3. The van der Waals surface area contributed by atoms with E-state index in [1.165, 1.54) is 22.0 Å². The molecule has 1 saturated heterocycles. The van der Waals surface area contributed by atoms with E-state index in [0.29, 0.717) is 0 Å². The molecular formula is C20H16ClNO. The average Bonchev–Trinajstić information content (AvgIpc) is 2.92. The van der Waals surface area contributed by atoms with Gasteiger partial charge in [-0.2, -0.15) is 0 Å². The Bertz CT molecular complexity index is 907. The fourth-order valence-corrected chi connectivity index (χ4v) is 4.18. The van der Waals surface area contributed by atoms with Gasteiger partial charge in [0.1, 0.15) is 0 Å². The minimum atomic E-state index is 0.181. The maximum atomic E-state index is 6.46. The molecule has 1 fully saturated rings. The minimum absolute atomic E-state index is 0.181. The zero-order chi connectivity index (χ0) is 15.4. The summed E-state index contributed by atoms with van der Waals surface area (Å²) < 4.78 is 0. The molecule has 2 aliphatic rings. The highest BCUT2D eigenvalue weighted by molar-refractivity contribution is 6.31. The molecule has 5 rings (SSSR count). The number of nitrogens with zero attached hydrogens (tertiary/aromatic N) is 1. The molecule has 2 atom stereocenters. The minimum Gasteiger partial charge on any atom is -0.269 e. The summed E-state index contributed by atoms with van der Waals surface area (Å²) in [5, 5.41) is 5.42. The Morgan fingerprint density at radius 2 is 1.78 bits per heavy atom. The molecular weight excluding hydrogens is 306 g/mol. The quantitative estimate of drug-likeness (QED) is 0.603. The van der Waals surface area contributed by atoms with Crippen LogP contribution in [-0.2, 0) is 11.3 Å². The lowest BCUT2D eigenvalue weighted by Gasteiger charge is -2.31. The number of fused-ring (bicyclic) bond motifs is 6. The van der Waals surface area contributed by atoms with Crippen LogP contribution in [0.5, 0.6) is 0 Å². The van der Waals surface area contributed by atoms with Gasteiger partial charge in [0.15, 0.2) is 0 Å². The summed E-state index contributed by atoms with van der Waals surface area (Å²) in [5.74, 6) is 0. The number of hydrogen-bond donors (Lipinski definition) is 0. The van der Waals surface area contributed by atoms with Gasteiger partial charge in [0, 0.05) is 23.3 Å². The topological polar surface area (TPSA) is 12.5 Å². The predicted molar refractivity (Wildman–Crippen MR) is 93.8 cm³/mol. The van der Waals surface area contributed by atoms with Crippen LogP contribution in [0.4, 0.5) is 5.69 Å². The van der Waals surface area contributed by atoms with Gasteiger partial charge in [-0.15, -0.1) is 0 Å². The van der Waals surface area contributed by atoms with Crippen molar-refractivity contribution in [1.82, 2.24) is 0 Å². The highest BCUT2D eigenvalue weighted by atomic mass is 35.5. The fraction of sp³-hybridized carbons (Fsp3) is 0.200. The lowest BCUT2D eigenvalue weighted by molar-refractivity contribution is 0.0741. The molecule has 2 bridgehead atoms. The van der Waals surface area contributed by atoms with Crippen LogP contribution in [-0.4, -0.2) is 6.10 Å². The first-order valence-corrected chi connectivity index (χ1v) is 8.40. The van der Waals surface area contributed by atoms with Gasteiger partial charge in [0.05, 0.1) is 17.8 Å². The van der Waals surface area contributed by atoms with E-state index in [1.807, 2.05) is 12.1 Å². The third-order valence-corrected chi connectivity index (χ3v) is 5.29. The van der Waals surface area contributed by atoms with Crippen LogP contribution in [0.2, 0.25) is 5.02 Å². The lowest BCUT2D eigenvalue weighted by Crippen LogP contribution is -2.27. The Balaban J connectivity index is 1.71. The van der Waals surface area contributed by atoms with E-state index in [4.69, 9.17) is 16.4 Å². The number of anilines is 1. The summed E-state index contributed by atoms with van der Waals surface area (Å²) in [7, 11) is 0. The molecule has 0 saturated carbocycles. The van der Waals surface area contributed by atoms with Gasteiger partial charge < -0.3 is 0 Å². The number of hydroxylamine groups is 1. The molecule has 3 heteroatoms. The molecule has 0 unspecified atom stereocenters. The Labute approximate surface area is 140 Å². The van der Waals surface area contributed by atoms with Crippen molar-refractivity contribution in [2.24, 2.45) is 0 Å². The van der Waals surface area contributed by atoms with Gasteiger partial charge in [-0.25, -0.2) is 5.06 Å². The Morgan fingerprint density at radius 1 is 0.957 bits per heavy atom. The normalized spacial score (nSPS) is 22.4. The summed E-state index contributed by atoms with van der Waals surface area (Å²) in [4.78, 5) is 6.23. The second-order valence-corrected chi connectivity index (χ2v) is 6.73. The molecule has 114 valence electrons. The van der Waals surface area contributed by atoms with E-state index in [1.54, 1.807) is 0 Å². The second-order valence-electron chi connectivity index (χ2n) is 6.32. The van der Waals surface area contributed by atoms with Gasteiger partial charge in [0.25, 0.3) is 0 Å². The summed E-state index contributed by atoms with van der Waals surface area (Å²) in [6.07, 6.45) is 2.19. The molecule has 2 aliphatic heterocycles. The smallest absolute Gasteiger partial charge is 0.0921 e. The fourth-order valence-electron chi connectivity index (χ4n) is 3.92. The molecule has 0 spiro atoms. The molecule has 3 aromatic carbocycles. The number of hydrogen-bond acceptors (Lipinski definition) is 2. The molecule has 0 N–H and O–H groups in total. The van der Waals surface area contributed by atoms with E-state index >= 15 is 0 Å². The standard InChI is InChI=1S/C20H16ClNO/c21-18-8-4-3-7-17(18)19-12-15-11-14-10-9-13-5-1-2-6-16(13)20(14)22(19)23-15/h1-10,15,19H,11-12H2/t15-,19-/m0/s1. The first kappa shape index (κ1) is 13.4. The van der Waals surface area contributed by atoms with Gasteiger partial charge >= 0.3 is 0 Å². The van der Waals surface area contributed by atoms with Gasteiger partial charge in [0.2, 0.25) is 0 Å². The van der Waals surface area contributed by atoms with Crippen LogP contribution in [0.25, 0.3) is 10.8 Å². The Morgan fingerprint density at radius 3 is 2.70 bits per heavy atom. The Hall–Kier alpha value is -2.03. The molecule has 2 nitrogen and oxygen atoms in total. The highest BCUT2D eigenvalue weighted by Crippen LogP contribution is 2.48. The van der Waals surface area contributed by atoms with Gasteiger partial charge in [-0.05, 0) is 22.6 Å². The maximum Gasteiger partial charge on any atom is 0.0921 e. The first-order valence-electron chi connectivity index (χ1n) is 8.02. The number of rotatable bonds is 1. The first-order chi connectivity index (χ1) is 11.3. The van der Waals surface area contributed by atoms with E-state index < -0.39 is 0 Å². The van der Waals surface area contributed by atoms with Crippen LogP contribution in [0.15, 0.2) is 60.7 Å². The molecule has 23 heavy (non-hydrogen) atoms. The van der Waals surface area contributed by atoms with Crippen LogP contribution < -0.4 is 5.06 Å². The third-order valence-electron chi connectivity index (χ3n) is 4.95. The molecule has 3 aromatic rings. The SMILES string of the molecule is Clc1ccccc1[C@@H]1C[C@@H]2Cc3ccc4ccccc4c3N1O2. The van der Waals surface area contributed by atoms with Gasteiger partial charge in [-0.3, -0.25) is 4.84 Å². The largest absolute Gasteiger partial charge is 0.269 e. The van der Waals surface area contributed by atoms with Crippen LogP contribution in [0.1, 0.15) is 23.6 Å². The highest BCUT2D eigenvalue weighted by Gasteiger charge is 2.41. The molecule has 0 aliphatic carbocycles. The van der Waals surface area contributed by atoms with E-state index in [9.17, 15) is 0 Å². The molecule has 0 aromatic heterocycles. The van der Waals surface area contributed by atoms with Crippen molar-refractivity contribution in [2.45, 2.75) is 25.0 Å². The predicted octanol–water partition coefficient (Wildman–Crippen LogP) is 5.30. The number of benzene rings is 3. The monoisotopic (exact) mass is 321 g/mol. The van der Waals surface area contributed by atoms with Crippen molar-refractivity contribution >= 4 is 28.1 Å². The molecule has 0 radical (unpaired) electrons. The van der Waals surface area contributed by atoms with Crippen molar-refractivity contribution in [1.29, 1.82) is 0 Å². The van der Waals surface area contributed by atoms with Crippen molar-refractivity contribution in [3.05, 3.63) is 76.8 Å². The maximum absolute atomic E-state index is 6.46. The van der Waals surface area contributed by atoms with E-state index in [-0.39, 0.29) is 12.1 Å². The summed E-state index contributed by atoms with van der Waals surface area (Å²) in [5.41, 5.74) is 3.73. The number of halogens is 1. The van der Waals surface area contributed by atoms with Gasteiger partial charge in [-0.1, -0.05) is 66.2 Å². The Kier molecular flexibility index (Phi) is 2.91. The van der Waals surface area contributed by atoms with Crippen LogP contribution >= 0.6 is 11.6 Å².